The number of pyridine rings is 1. The third-order valence-corrected chi connectivity index (χ3v) is 7.28. The number of aromatic nitrogens is 1. The van der Waals surface area contributed by atoms with Crippen molar-refractivity contribution in [3.05, 3.63) is 69.1 Å². The van der Waals surface area contributed by atoms with E-state index < -0.39 is 39.8 Å². The molecule has 1 atom stereocenters. The number of nitrogens with zero attached hydrogens (tertiary/aromatic N) is 3. The van der Waals surface area contributed by atoms with Crippen molar-refractivity contribution in [2.75, 3.05) is 38.1 Å². The molecule has 0 radical (unpaired) electrons. The van der Waals surface area contributed by atoms with Gasteiger partial charge in [0, 0.05) is 37.1 Å². The first-order valence-corrected chi connectivity index (χ1v) is 10.8. The molecule has 2 aromatic carbocycles. The summed E-state index contributed by atoms with van der Waals surface area (Å²) in [6.45, 7) is 2.64. The van der Waals surface area contributed by atoms with Gasteiger partial charge in [0.15, 0.2) is 0 Å². The summed E-state index contributed by atoms with van der Waals surface area (Å²) in [5.74, 6) is -3.37. The number of thioether (sulfide) groups is 1. The summed E-state index contributed by atoms with van der Waals surface area (Å²) in [5.41, 5.74) is -0.694. The van der Waals surface area contributed by atoms with Crippen LogP contribution in [-0.2, 0) is 0 Å². The Morgan fingerprint density at radius 2 is 1.78 bits per heavy atom. The number of halogens is 3. The zero-order valence-electron chi connectivity index (χ0n) is 16.9. The van der Waals surface area contributed by atoms with Crippen LogP contribution in [0.1, 0.15) is 21.3 Å². The van der Waals surface area contributed by atoms with Crippen LogP contribution in [0.2, 0.25) is 0 Å². The summed E-state index contributed by atoms with van der Waals surface area (Å²) in [6.07, 6.45) is 0. The Bertz CT molecular complexity index is 1340. The topological polar surface area (TPSA) is 65.8 Å². The van der Waals surface area contributed by atoms with Crippen LogP contribution in [0.15, 0.2) is 40.2 Å². The first kappa shape index (κ1) is 20.9. The second-order valence-electron chi connectivity index (χ2n) is 7.93. The number of aromatic carboxylic acids is 1. The molecule has 10 heteroatoms. The molecular weight excluding hydrogens is 443 g/mol. The highest BCUT2D eigenvalue weighted by Gasteiger charge is 2.38. The van der Waals surface area contributed by atoms with Crippen molar-refractivity contribution in [1.29, 1.82) is 0 Å². The molecule has 3 aromatic rings. The van der Waals surface area contributed by atoms with Crippen LogP contribution in [0, 0.1) is 17.5 Å². The van der Waals surface area contributed by atoms with Gasteiger partial charge in [-0.3, -0.25) is 4.79 Å². The maximum atomic E-state index is 15.0. The molecule has 3 heterocycles. The minimum absolute atomic E-state index is 0.0225. The van der Waals surface area contributed by atoms with Crippen LogP contribution in [0.3, 0.4) is 0 Å². The number of carboxylic acids is 1. The lowest BCUT2D eigenvalue weighted by atomic mass is 10.1. The van der Waals surface area contributed by atoms with Crippen molar-refractivity contribution >= 4 is 34.3 Å². The second-order valence-corrected chi connectivity index (χ2v) is 9.00. The molecule has 0 amide bonds. The highest BCUT2D eigenvalue weighted by Crippen LogP contribution is 2.51. The van der Waals surface area contributed by atoms with Crippen molar-refractivity contribution < 1.29 is 23.1 Å². The van der Waals surface area contributed by atoms with E-state index in [2.05, 4.69) is 4.90 Å². The Hall–Kier alpha value is -2.98. The number of anilines is 1. The molecule has 0 spiro atoms. The molecule has 1 fully saturated rings. The predicted molar refractivity (Wildman–Crippen MR) is 115 cm³/mol. The molecule has 0 saturated carbocycles. The van der Waals surface area contributed by atoms with Crippen molar-refractivity contribution in [1.82, 2.24) is 9.47 Å². The third kappa shape index (κ3) is 3.17. The average molecular weight is 461 g/mol. The molecule has 32 heavy (non-hydrogen) atoms. The Labute approximate surface area is 184 Å². The minimum atomic E-state index is -1.45. The summed E-state index contributed by atoms with van der Waals surface area (Å²) < 4.78 is 44.9. The Balaban J connectivity index is 1.75. The molecule has 1 aromatic heterocycles. The van der Waals surface area contributed by atoms with Crippen molar-refractivity contribution in [2.45, 2.75) is 10.4 Å². The lowest BCUT2D eigenvalue weighted by Gasteiger charge is -2.37. The van der Waals surface area contributed by atoms with E-state index >= 15 is 4.39 Å². The molecule has 1 unspecified atom stereocenters. The summed E-state index contributed by atoms with van der Waals surface area (Å²) in [7, 11) is 1.97. The molecule has 0 bridgehead atoms. The van der Waals surface area contributed by atoms with Gasteiger partial charge >= 0.3 is 5.97 Å². The number of fused-ring (bicyclic) bond motifs is 3. The molecule has 5 rings (SSSR count). The normalized spacial score (nSPS) is 18.5. The standard InChI is InChI=1S/C22H18F3N3O3S/c1-26-4-6-27(7-5-26)17-10-16-13(9-15(17)25)19(29)18(22(30)31)21-28(16)20(32-21)12-8-11(23)2-3-14(12)24/h2-3,8-10,20H,4-7H2,1H3,(H,30,31). The smallest absolute Gasteiger partial charge is 0.342 e. The fourth-order valence-corrected chi connectivity index (χ4v) is 5.53. The summed E-state index contributed by atoms with van der Waals surface area (Å²) in [4.78, 5) is 28.7. The number of rotatable bonds is 3. The number of benzene rings is 2. The van der Waals surface area contributed by atoms with E-state index in [1.54, 1.807) is 0 Å². The molecule has 6 nitrogen and oxygen atoms in total. The van der Waals surface area contributed by atoms with E-state index in [1.165, 1.54) is 10.6 Å². The van der Waals surface area contributed by atoms with Gasteiger partial charge in [-0.15, -0.1) is 0 Å². The van der Waals surface area contributed by atoms with E-state index in [0.717, 1.165) is 49.1 Å². The van der Waals surface area contributed by atoms with Gasteiger partial charge in [0.1, 0.15) is 28.4 Å². The highest BCUT2D eigenvalue weighted by molar-refractivity contribution is 8.00. The Morgan fingerprint density at radius 3 is 2.47 bits per heavy atom. The van der Waals surface area contributed by atoms with Crippen molar-refractivity contribution in [2.24, 2.45) is 0 Å². The predicted octanol–water partition coefficient (Wildman–Crippen LogP) is 3.52. The summed E-state index contributed by atoms with van der Waals surface area (Å²) >= 11 is 0.966. The quantitative estimate of drug-likeness (QED) is 0.644. The summed E-state index contributed by atoms with van der Waals surface area (Å²) in [6, 6.07) is 5.60. The Kier molecular flexibility index (Phi) is 4.94. The number of likely N-dealkylation sites (N-methyl/N-ethyl adjacent to an activating group) is 1. The van der Waals surface area contributed by atoms with Gasteiger partial charge in [0.2, 0.25) is 5.43 Å². The molecule has 2 aliphatic rings. The number of carbonyl (C=O) groups is 1. The van der Waals surface area contributed by atoms with Gasteiger partial charge < -0.3 is 19.5 Å². The fraction of sp³-hybridized carbons (Fsp3) is 0.273. The van der Waals surface area contributed by atoms with Crippen LogP contribution in [-0.4, -0.2) is 53.8 Å². The van der Waals surface area contributed by atoms with Gasteiger partial charge in [0.25, 0.3) is 0 Å². The van der Waals surface area contributed by atoms with E-state index in [0.29, 0.717) is 13.1 Å². The molecule has 0 aliphatic carbocycles. The lowest BCUT2D eigenvalue weighted by Crippen LogP contribution is -2.44. The lowest BCUT2D eigenvalue weighted by molar-refractivity contribution is 0.0689. The van der Waals surface area contributed by atoms with Crippen molar-refractivity contribution in [3.63, 3.8) is 0 Å². The first-order chi connectivity index (χ1) is 15.3. The SMILES string of the molecule is CN1CCN(c2cc3c(cc2F)c(=O)c(C(=O)O)c2n3C(c3cc(F)ccc3F)S2)CC1. The monoisotopic (exact) mass is 461 g/mol. The van der Waals surface area contributed by atoms with Crippen LogP contribution in [0.25, 0.3) is 10.9 Å². The van der Waals surface area contributed by atoms with Gasteiger partial charge in [-0.25, -0.2) is 18.0 Å². The van der Waals surface area contributed by atoms with Crippen LogP contribution in [0.5, 0.6) is 0 Å². The Morgan fingerprint density at radius 1 is 1.06 bits per heavy atom. The number of piperazine rings is 1. The van der Waals surface area contributed by atoms with E-state index in [9.17, 15) is 23.5 Å². The maximum absolute atomic E-state index is 15.0. The molecule has 2 aliphatic heterocycles. The highest BCUT2D eigenvalue weighted by atomic mass is 32.2. The average Bonchev–Trinajstić information content (AvgIpc) is 2.73. The van der Waals surface area contributed by atoms with Gasteiger partial charge in [-0.1, -0.05) is 11.8 Å². The van der Waals surface area contributed by atoms with Crippen molar-refractivity contribution in [3.8, 4) is 0 Å². The van der Waals surface area contributed by atoms with Crippen LogP contribution in [0.4, 0.5) is 18.9 Å². The number of hydrogen-bond acceptors (Lipinski definition) is 5. The van der Waals surface area contributed by atoms with E-state index in [4.69, 9.17) is 0 Å². The second kappa shape index (κ2) is 7.56. The van der Waals surface area contributed by atoms with Gasteiger partial charge in [-0.05, 0) is 37.4 Å². The van der Waals surface area contributed by atoms with Gasteiger partial charge in [0.05, 0.1) is 16.2 Å². The maximum Gasteiger partial charge on any atom is 0.342 e. The van der Waals surface area contributed by atoms with Gasteiger partial charge in [-0.2, -0.15) is 0 Å². The first-order valence-electron chi connectivity index (χ1n) is 9.96. The third-order valence-electron chi connectivity index (χ3n) is 5.97. The molecule has 1 N–H and O–H groups in total. The van der Waals surface area contributed by atoms with Crippen LogP contribution < -0.4 is 10.3 Å². The number of carboxylic acid groups (broad SMARTS) is 1. The zero-order valence-corrected chi connectivity index (χ0v) is 17.8. The zero-order chi connectivity index (χ0) is 22.7. The van der Waals surface area contributed by atoms with E-state index in [-0.39, 0.29) is 27.2 Å². The molecule has 1 saturated heterocycles. The molecule has 166 valence electrons. The molecular formula is C22H18F3N3O3S. The largest absolute Gasteiger partial charge is 0.477 e. The summed E-state index contributed by atoms with van der Waals surface area (Å²) in [5, 5.41) is 8.85. The fourth-order valence-electron chi connectivity index (χ4n) is 4.24. The minimum Gasteiger partial charge on any atom is -0.477 e. The van der Waals surface area contributed by atoms with Crippen LogP contribution >= 0.6 is 11.8 Å². The van der Waals surface area contributed by atoms with E-state index in [1.807, 2.05) is 11.9 Å². The number of hydrogen-bond donors (Lipinski definition) is 1.